The third-order valence-electron chi connectivity index (χ3n) is 3.76. The highest BCUT2D eigenvalue weighted by Gasteiger charge is 2.16. The predicted octanol–water partition coefficient (Wildman–Crippen LogP) is 1.63. The second-order valence-electron chi connectivity index (χ2n) is 5.40. The summed E-state index contributed by atoms with van der Waals surface area (Å²) >= 11 is 0. The highest BCUT2D eigenvalue weighted by atomic mass is 16.5. The molecular formula is C16H20N4O3. The molecule has 3 rings (SSSR count). The van der Waals surface area contributed by atoms with Crippen molar-refractivity contribution in [1.82, 2.24) is 20.4 Å². The Morgan fingerprint density at radius 3 is 2.83 bits per heavy atom. The number of aromatic nitrogens is 2. The average Bonchev–Trinajstić information content (AvgIpc) is 3.04. The molecule has 0 radical (unpaired) electrons. The van der Waals surface area contributed by atoms with Gasteiger partial charge in [0.05, 0.1) is 13.2 Å². The van der Waals surface area contributed by atoms with Crippen LogP contribution in [0.1, 0.15) is 11.5 Å². The lowest BCUT2D eigenvalue weighted by Crippen LogP contribution is -2.46. The van der Waals surface area contributed by atoms with E-state index in [0.29, 0.717) is 51.1 Å². The van der Waals surface area contributed by atoms with Gasteiger partial charge in [0, 0.05) is 31.6 Å². The SMILES string of the molecule is Cc1ccccc1-c1nnc(CCNC(=O)N2CCOCC2)o1. The summed E-state index contributed by atoms with van der Waals surface area (Å²) in [7, 11) is 0. The zero-order valence-electron chi connectivity index (χ0n) is 13.1. The lowest BCUT2D eigenvalue weighted by atomic mass is 10.1. The van der Waals surface area contributed by atoms with Crippen molar-refractivity contribution in [3.8, 4) is 11.5 Å². The number of nitrogens with zero attached hydrogens (tertiary/aromatic N) is 3. The Kier molecular flexibility index (Phi) is 4.87. The number of hydrogen-bond donors (Lipinski definition) is 1. The molecule has 1 saturated heterocycles. The fraction of sp³-hybridized carbons (Fsp3) is 0.438. The molecule has 0 atom stereocenters. The highest BCUT2D eigenvalue weighted by Crippen LogP contribution is 2.21. The Balaban J connectivity index is 1.51. The Bertz CT molecular complexity index is 665. The van der Waals surface area contributed by atoms with Gasteiger partial charge in [-0.1, -0.05) is 18.2 Å². The molecule has 1 N–H and O–H groups in total. The lowest BCUT2D eigenvalue weighted by Gasteiger charge is -2.26. The van der Waals surface area contributed by atoms with Crippen LogP contribution in [0.5, 0.6) is 0 Å². The first-order valence-corrected chi connectivity index (χ1v) is 7.73. The van der Waals surface area contributed by atoms with Crippen LogP contribution in [-0.2, 0) is 11.2 Å². The molecule has 1 fully saturated rings. The number of carbonyl (C=O) groups is 1. The first-order valence-electron chi connectivity index (χ1n) is 7.73. The number of rotatable bonds is 4. The highest BCUT2D eigenvalue weighted by molar-refractivity contribution is 5.74. The van der Waals surface area contributed by atoms with E-state index in [1.165, 1.54) is 0 Å². The van der Waals surface area contributed by atoms with E-state index in [1.807, 2.05) is 31.2 Å². The van der Waals surface area contributed by atoms with Gasteiger partial charge in [-0.15, -0.1) is 10.2 Å². The molecule has 1 aliphatic rings. The molecule has 0 bridgehead atoms. The summed E-state index contributed by atoms with van der Waals surface area (Å²) in [5.41, 5.74) is 2.02. The number of ether oxygens (including phenoxy) is 1. The van der Waals surface area contributed by atoms with E-state index < -0.39 is 0 Å². The molecule has 0 aliphatic carbocycles. The Labute approximate surface area is 134 Å². The Hall–Kier alpha value is -2.41. The third-order valence-corrected chi connectivity index (χ3v) is 3.76. The molecule has 7 nitrogen and oxygen atoms in total. The van der Waals surface area contributed by atoms with E-state index in [-0.39, 0.29) is 6.03 Å². The van der Waals surface area contributed by atoms with Gasteiger partial charge < -0.3 is 19.4 Å². The van der Waals surface area contributed by atoms with Gasteiger partial charge in [-0.3, -0.25) is 0 Å². The molecule has 1 aliphatic heterocycles. The van der Waals surface area contributed by atoms with Gasteiger partial charge in [0.15, 0.2) is 0 Å². The van der Waals surface area contributed by atoms with E-state index in [2.05, 4.69) is 15.5 Å². The van der Waals surface area contributed by atoms with Crippen LogP contribution in [0, 0.1) is 6.92 Å². The van der Waals surface area contributed by atoms with Gasteiger partial charge >= 0.3 is 6.03 Å². The summed E-state index contributed by atoms with van der Waals surface area (Å²) < 4.78 is 10.9. The number of amides is 2. The molecule has 0 saturated carbocycles. The van der Waals surface area contributed by atoms with Crippen LogP contribution in [0.25, 0.3) is 11.5 Å². The van der Waals surface area contributed by atoms with Crippen LogP contribution in [0.15, 0.2) is 28.7 Å². The monoisotopic (exact) mass is 316 g/mol. The van der Waals surface area contributed by atoms with Crippen LogP contribution in [0.4, 0.5) is 4.79 Å². The fourth-order valence-electron chi connectivity index (χ4n) is 2.43. The smallest absolute Gasteiger partial charge is 0.317 e. The quantitative estimate of drug-likeness (QED) is 0.927. The van der Waals surface area contributed by atoms with Crippen molar-refractivity contribution in [3.63, 3.8) is 0 Å². The molecule has 7 heteroatoms. The van der Waals surface area contributed by atoms with Gasteiger partial charge in [-0.05, 0) is 18.6 Å². The minimum Gasteiger partial charge on any atom is -0.421 e. The molecule has 1 aromatic heterocycles. The summed E-state index contributed by atoms with van der Waals surface area (Å²) in [5.74, 6) is 1.03. The molecule has 0 unspecified atom stereocenters. The van der Waals surface area contributed by atoms with Gasteiger partial charge in [0.25, 0.3) is 0 Å². The number of urea groups is 1. The molecule has 23 heavy (non-hydrogen) atoms. The Morgan fingerprint density at radius 1 is 1.26 bits per heavy atom. The van der Waals surface area contributed by atoms with Crippen molar-refractivity contribution >= 4 is 6.03 Å². The largest absolute Gasteiger partial charge is 0.421 e. The van der Waals surface area contributed by atoms with Gasteiger partial charge in [0.2, 0.25) is 11.8 Å². The van der Waals surface area contributed by atoms with Crippen molar-refractivity contribution in [3.05, 3.63) is 35.7 Å². The summed E-state index contributed by atoms with van der Waals surface area (Å²) in [6.07, 6.45) is 0.509. The second kappa shape index (κ2) is 7.23. The number of morpholine rings is 1. The number of carbonyl (C=O) groups excluding carboxylic acids is 1. The molecule has 2 amide bonds. The van der Waals surface area contributed by atoms with Crippen LogP contribution in [-0.4, -0.2) is 54.0 Å². The standard InChI is InChI=1S/C16H20N4O3/c1-12-4-2-3-5-13(12)15-19-18-14(23-15)6-7-17-16(21)20-8-10-22-11-9-20/h2-5H,6-11H2,1H3,(H,17,21). The maximum absolute atomic E-state index is 12.0. The molecule has 2 aromatic rings. The lowest BCUT2D eigenvalue weighted by molar-refractivity contribution is 0.0532. The molecular weight excluding hydrogens is 296 g/mol. The second-order valence-corrected chi connectivity index (χ2v) is 5.40. The minimum atomic E-state index is -0.0769. The number of nitrogens with one attached hydrogen (secondary N) is 1. The zero-order valence-corrected chi connectivity index (χ0v) is 13.1. The average molecular weight is 316 g/mol. The maximum atomic E-state index is 12.0. The topological polar surface area (TPSA) is 80.5 Å². The zero-order chi connectivity index (χ0) is 16.1. The molecule has 0 spiro atoms. The predicted molar refractivity (Wildman–Crippen MR) is 84.0 cm³/mol. The van der Waals surface area contributed by atoms with Gasteiger partial charge in [-0.2, -0.15) is 0 Å². The van der Waals surface area contributed by atoms with Crippen molar-refractivity contribution < 1.29 is 13.9 Å². The van der Waals surface area contributed by atoms with E-state index in [9.17, 15) is 4.79 Å². The van der Waals surface area contributed by atoms with Gasteiger partial charge in [-0.25, -0.2) is 4.79 Å². The van der Waals surface area contributed by atoms with Gasteiger partial charge in [0.1, 0.15) is 0 Å². The molecule has 1 aromatic carbocycles. The van der Waals surface area contributed by atoms with Crippen LogP contribution in [0.2, 0.25) is 0 Å². The van der Waals surface area contributed by atoms with Crippen molar-refractivity contribution in [2.75, 3.05) is 32.8 Å². The van der Waals surface area contributed by atoms with Crippen LogP contribution >= 0.6 is 0 Å². The first-order chi connectivity index (χ1) is 11.2. The van der Waals surface area contributed by atoms with E-state index in [1.54, 1.807) is 4.90 Å². The summed E-state index contributed by atoms with van der Waals surface area (Å²) in [6.45, 7) is 4.91. The maximum Gasteiger partial charge on any atom is 0.317 e. The molecule has 122 valence electrons. The summed E-state index contributed by atoms with van der Waals surface area (Å²) in [4.78, 5) is 13.7. The van der Waals surface area contributed by atoms with Crippen LogP contribution in [0.3, 0.4) is 0 Å². The summed E-state index contributed by atoms with van der Waals surface area (Å²) in [6, 6.07) is 7.78. The fourth-order valence-corrected chi connectivity index (χ4v) is 2.43. The van der Waals surface area contributed by atoms with Crippen molar-refractivity contribution in [2.24, 2.45) is 0 Å². The minimum absolute atomic E-state index is 0.0769. The normalized spacial score (nSPS) is 14.7. The number of hydrogen-bond acceptors (Lipinski definition) is 5. The third kappa shape index (κ3) is 3.87. The summed E-state index contributed by atoms with van der Waals surface area (Å²) in [5, 5.41) is 11.0. The van der Waals surface area contributed by atoms with E-state index in [4.69, 9.17) is 9.15 Å². The molecule has 2 heterocycles. The van der Waals surface area contributed by atoms with Crippen LogP contribution < -0.4 is 5.32 Å². The van der Waals surface area contributed by atoms with E-state index in [0.717, 1.165) is 11.1 Å². The van der Waals surface area contributed by atoms with Crippen molar-refractivity contribution in [1.29, 1.82) is 0 Å². The Morgan fingerprint density at radius 2 is 2.04 bits per heavy atom. The number of benzene rings is 1. The van der Waals surface area contributed by atoms with E-state index >= 15 is 0 Å². The number of aryl methyl sites for hydroxylation is 1. The first kappa shape index (κ1) is 15.5. The van der Waals surface area contributed by atoms with Crippen molar-refractivity contribution in [2.45, 2.75) is 13.3 Å².